The van der Waals surface area contributed by atoms with Crippen molar-refractivity contribution in [1.82, 2.24) is 24.9 Å². The number of nitrogens with zero attached hydrogens (tertiary/aromatic N) is 3. The molecule has 0 unspecified atom stereocenters. The number of para-hydroxylation sites is 1. The fourth-order valence-corrected chi connectivity index (χ4v) is 3.90. The number of H-pyrrole nitrogens is 2. The van der Waals surface area contributed by atoms with Crippen molar-refractivity contribution >= 4 is 43.6 Å². The van der Waals surface area contributed by atoms with E-state index in [2.05, 4.69) is 46.2 Å². The third kappa shape index (κ3) is 3.25. The molecule has 0 fully saturated rings. The zero-order valence-electron chi connectivity index (χ0n) is 16.0. The maximum absolute atomic E-state index is 13.1. The standard InChI is InChI=1S/C22H17BrN6O/c1-12(20-24-9-4-10-25-20)26-19-14-5-2-3-6-15(14)29-22(30)18(19)21-27-16-8-7-13(23)11-17(16)28-21/h2-12H,1H3,(H,27,28)(H2,26,29,30)/t12-/m0/s1. The van der Waals surface area contributed by atoms with Crippen molar-refractivity contribution in [3.8, 4) is 11.4 Å². The number of imidazole rings is 1. The Labute approximate surface area is 179 Å². The first-order valence-corrected chi connectivity index (χ1v) is 10.2. The molecule has 0 aliphatic carbocycles. The monoisotopic (exact) mass is 460 g/mol. The minimum Gasteiger partial charge on any atom is -0.374 e. The van der Waals surface area contributed by atoms with Gasteiger partial charge in [-0.1, -0.05) is 34.1 Å². The lowest BCUT2D eigenvalue weighted by molar-refractivity contribution is 0.789. The van der Waals surface area contributed by atoms with Crippen LogP contribution in [0, 0.1) is 0 Å². The second-order valence-corrected chi connectivity index (χ2v) is 7.89. The summed E-state index contributed by atoms with van der Waals surface area (Å²) >= 11 is 3.48. The summed E-state index contributed by atoms with van der Waals surface area (Å²) in [5.74, 6) is 1.14. The highest BCUT2D eigenvalue weighted by Gasteiger charge is 2.20. The van der Waals surface area contributed by atoms with Gasteiger partial charge >= 0.3 is 0 Å². The second-order valence-electron chi connectivity index (χ2n) is 6.97. The number of anilines is 1. The first kappa shape index (κ1) is 18.5. The van der Waals surface area contributed by atoms with E-state index in [1.54, 1.807) is 18.5 Å². The minimum absolute atomic E-state index is 0.214. The highest BCUT2D eigenvalue weighted by atomic mass is 79.9. The van der Waals surface area contributed by atoms with Crippen molar-refractivity contribution in [3.63, 3.8) is 0 Å². The maximum atomic E-state index is 13.1. The minimum atomic E-state index is -0.226. The maximum Gasteiger partial charge on any atom is 0.261 e. The van der Waals surface area contributed by atoms with E-state index in [0.29, 0.717) is 22.9 Å². The van der Waals surface area contributed by atoms with Crippen LogP contribution in [-0.4, -0.2) is 24.9 Å². The summed E-state index contributed by atoms with van der Waals surface area (Å²) in [4.78, 5) is 32.7. The SMILES string of the molecule is C[C@H](Nc1c(-c2nc3ccc(Br)cc3[nH]2)c(=O)[nH]c2ccccc12)c1ncccn1. The van der Waals surface area contributed by atoms with Crippen molar-refractivity contribution in [2.24, 2.45) is 0 Å². The van der Waals surface area contributed by atoms with E-state index in [1.807, 2.05) is 49.4 Å². The Kier molecular flexibility index (Phi) is 4.55. The van der Waals surface area contributed by atoms with Gasteiger partial charge in [0.25, 0.3) is 5.56 Å². The highest BCUT2D eigenvalue weighted by molar-refractivity contribution is 9.10. The Bertz CT molecular complexity index is 1430. The Morgan fingerprint density at radius 1 is 1.00 bits per heavy atom. The van der Waals surface area contributed by atoms with Gasteiger partial charge in [0.15, 0.2) is 0 Å². The zero-order chi connectivity index (χ0) is 20.7. The topological polar surface area (TPSA) is 99.3 Å². The van der Waals surface area contributed by atoms with Crippen LogP contribution >= 0.6 is 15.9 Å². The Morgan fingerprint density at radius 3 is 2.63 bits per heavy atom. The fraction of sp³-hybridized carbons (Fsp3) is 0.0909. The molecule has 0 saturated carbocycles. The number of nitrogens with one attached hydrogen (secondary N) is 3. The van der Waals surface area contributed by atoms with Gasteiger partial charge in [-0.05, 0) is 37.3 Å². The van der Waals surface area contributed by atoms with Crippen LogP contribution in [0.15, 0.2) is 70.2 Å². The molecule has 0 aliphatic rings. The molecule has 0 radical (unpaired) electrons. The summed E-state index contributed by atoms with van der Waals surface area (Å²) in [5.41, 5.74) is 3.28. The van der Waals surface area contributed by atoms with Gasteiger partial charge in [-0.25, -0.2) is 15.0 Å². The number of aromatic amines is 2. The molecule has 30 heavy (non-hydrogen) atoms. The summed E-state index contributed by atoms with van der Waals surface area (Å²) in [5, 5.41) is 4.34. The van der Waals surface area contributed by atoms with Crippen LogP contribution in [0.2, 0.25) is 0 Å². The van der Waals surface area contributed by atoms with Crippen molar-refractivity contribution in [2.75, 3.05) is 5.32 Å². The molecule has 3 N–H and O–H groups in total. The number of halogens is 1. The van der Waals surface area contributed by atoms with Crippen LogP contribution in [-0.2, 0) is 0 Å². The van der Waals surface area contributed by atoms with Gasteiger partial charge in [0.2, 0.25) is 0 Å². The predicted octanol–water partition coefficient (Wildman–Crippen LogP) is 4.80. The Balaban J connectivity index is 1.73. The first-order valence-electron chi connectivity index (χ1n) is 9.44. The van der Waals surface area contributed by atoms with Crippen LogP contribution in [0.4, 0.5) is 5.69 Å². The predicted molar refractivity (Wildman–Crippen MR) is 121 cm³/mol. The number of fused-ring (bicyclic) bond motifs is 2. The molecule has 8 heteroatoms. The van der Waals surface area contributed by atoms with Gasteiger partial charge in [0, 0.05) is 22.3 Å². The number of hydrogen-bond acceptors (Lipinski definition) is 5. The Morgan fingerprint density at radius 2 is 1.80 bits per heavy atom. The molecule has 148 valence electrons. The van der Waals surface area contributed by atoms with Crippen molar-refractivity contribution < 1.29 is 0 Å². The lowest BCUT2D eigenvalue weighted by Crippen LogP contribution is -2.17. The molecule has 7 nitrogen and oxygen atoms in total. The van der Waals surface area contributed by atoms with E-state index in [1.165, 1.54) is 0 Å². The van der Waals surface area contributed by atoms with Gasteiger partial charge in [0.05, 0.1) is 28.3 Å². The number of aromatic nitrogens is 5. The van der Waals surface area contributed by atoms with Crippen LogP contribution in [0.1, 0.15) is 18.8 Å². The largest absolute Gasteiger partial charge is 0.374 e. The van der Waals surface area contributed by atoms with Crippen molar-refractivity contribution in [1.29, 1.82) is 0 Å². The van der Waals surface area contributed by atoms with E-state index >= 15 is 0 Å². The van der Waals surface area contributed by atoms with Gasteiger partial charge in [-0.15, -0.1) is 0 Å². The number of pyridine rings is 1. The Hall–Kier alpha value is -3.52. The van der Waals surface area contributed by atoms with E-state index < -0.39 is 0 Å². The van der Waals surface area contributed by atoms with Crippen LogP contribution < -0.4 is 10.9 Å². The molecule has 1 atom stereocenters. The number of rotatable bonds is 4. The summed E-state index contributed by atoms with van der Waals surface area (Å²) in [6, 6.07) is 15.0. The molecular weight excluding hydrogens is 444 g/mol. The summed E-state index contributed by atoms with van der Waals surface area (Å²) in [6.07, 6.45) is 3.41. The summed E-state index contributed by atoms with van der Waals surface area (Å²) < 4.78 is 0.936. The molecule has 0 amide bonds. The average molecular weight is 461 g/mol. The number of hydrogen-bond donors (Lipinski definition) is 3. The van der Waals surface area contributed by atoms with E-state index in [-0.39, 0.29) is 11.6 Å². The van der Waals surface area contributed by atoms with E-state index in [9.17, 15) is 4.79 Å². The molecule has 0 bridgehead atoms. The molecule has 5 rings (SSSR count). The molecule has 3 heterocycles. The fourth-order valence-electron chi connectivity index (χ4n) is 3.53. The van der Waals surface area contributed by atoms with Crippen LogP contribution in [0.5, 0.6) is 0 Å². The molecule has 0 aliphatic heterocycles. The summed E-state index contributed by atoms with van der Waals surface area (Å²) in [6.45, 7) is 1.96. The third-order valence-electron chi connectivity index (χ3n) is 4.94. The average Bonchev–Trinajstić information content (AvgIpc) is 3.16. The summed E-state index contributed by atoms with van der Waals surface area (Å²) in [7, 11) is 0. The first-order chi connectivity index (χ1) is 14.6. The highest BCUT2D eigenvalue weighted by Crippen LogP contribution is 2.33. The van der Waals surface area contributed by atoms with Crippen molar-refractivity contribution in [2.45, 2.75) is 13.0 Å². The lowest BCUT2D eigenvalue weighted by Gasteiger charge is -2.18. The van der Waals surface area contributed by atoms with Gasteiger partial charge in [-0.2, -0.15) is 0 Å². The molecule has 0 spiro atoms. The van der Waals surface area contributed by atoms with Crippen LogP contribution in [0.25, 0.3) is 33.3 Å². The molecule has 5 aromatic rings. The smallest absolute Gasteiger partial charge is 0.261 e. The second kappa shape index (κ2) is 7.38. The molecular formula is C22H17BrN6O. The molecule has 0 saturated heterocycles. The quantitative estimate of drug-likeness (QED) is 0.357. The van der Waals surface area contributed by atoms with E-state index in [4.69, 9.17) is 0 Å². The zero-order valence-corrected chi connectivity index (χ0v) is 17.6. The van der Waals surface area contributed by atoms with Crippen molar-refractivity contribution in [3.05, 3.63) is 81.6 Å². The van der Waals surface area contributed by atoms with Gasteiger partial charge < -0.3 is 15.3 Å². The lowest BCUT2D eigenvalue weighted by atomic mass is 10.1. The normalized spacial score (nSPS) is 12.3. The molecule has 2 aromatic carbocycles. The van der Waals surface area contributed by atoms with Gasteiger partial charge in [-0.3, -0.25) is 4.79 Å². The number of benzene rings is 2. The van der Waals surface area contributed by atoms with Crippen LogP contribution in [0.3, 0.4) is 0 Å². The van der Waals surface area contributed by atoms with Gasteiger partial charge in [0.1, 0.15) is 17.2 Å². The molecule has 3 aromatic heterocycles. The third-order valence-corrected chi connectivity index (χ3v) is 5.43. The van der Waals surface area contributed by atoms with E-state index in [0.717, 1.165) is 26.4 Å².